The zero-order valence-corrected chi connectivity index (χ0v) is 10.9. The summed E-state index contributed by atoms with van der Waals surface area (Å²) in [5.41, 5.74) is 0.898. The maximum Gasteiger partial charge on any atom is 0.128 e. The molecule has 1 unspecified atom stereocenters. The second kappa shape index (κ2) is 5.27. The molecule has 3 rings (SSSR count). The maximum atomic E-state index is 9.06. The van der Waals surface area contributed by atoms with Gasteiger partial charge in [0.05, 0.1) is 6.61 Å². The molecule has 0 bridgehead atoms. The first-order valence-corrected chi connectivity index (χ1v) is 7.21. The minimum atomic E-state index is 0.0827. The first-order chi connectivity index (χ1) is 8.88. The molecule has 1 N–H and O–H groups in total. The molecule has 1 aromatic heterocycles. The highest BCUT2D eigenvalue weighted by atomic mass is 16.3. The van der Waals surface area contributed by atoms with Crippen LogP contribution in [0.1, 0.15) is 44.1 Å². The molecule has 1 aliphatic heterocycles. The van der Waals surface area contributed by atoms with E-state index in [0.717, 1.165) is 23.8 Å². The third-order valence-corrected chi connectivity index (χ3v) is 4.53. The van der Waals surface area contributed by atoms with E-state index in [1.54, 1.807) is 6.20 Å². The fourth-order valence-corrected chi connectivity index (χ4v) is 3.59. The van der Waals surface area contributed by atoms with Crippen LogP contribution < -0.4 is 4.90 Å². The van der Waals surface area contributed by atoms with E-state index in [1.807, 2.05) is 6.07 Å². The number of aliphatic hydroxyl groups excluding tert-OH is 1. The Morgan fingerprint density at radius 2 is 2.00 bits per heavy atom. The normalized spacial score (nSPS) is 24.9. The Labute approximate surface area is 109 Å². The highest BCUT2D eigenvalue weighted by Gasteiger charge is 2.33. The number of anilines is 1. The number of hydrogen-bond acceptors (Lipinski definition) is 3. The molecule has 1 atom stereocenters. The van der Waals surface area contributed by atoms with Crippen LogP contribution in [0.4, 0.5) is 5.82 Å². The lowest BCUT2D eigenvalue weighted by Crippen LogP contribution is -2.35. The minimum Gasteiger partial charge on any atom is -0.392 e. The summed E-state index contributed by atoms with van der Waals surface area (Å²) in [4.78, 5) is 7.02. The van der Waals surface area contributed by atoms with Gasteiger partial charge in [-0.05, 0) is 43.2 Å². The number of pyridine rings is 1. The molecule has 1 aliphatic carbocycles. The molecule has 0 aromatic carbocycles. The van der Waals surface area contributed by atoms with E-state index in [2.05, 4.69) is 16.0 Å². The van der Waals surface area contributed by atoms with Gasteiger partial charge in [-0.25, -0.2) is 4.98 Å². The average molecular weight is 246 g/mol. The van der Waals surface area contributed by atoms with Crippen molar-refractivity contribution in [1.82, 2.24) is 4.98 Å². The predicted octanol–water partition coefficient (Wildman–Crippen LogP) is 2.73. The minimum absolute atomic E-state index is 0.0827. The van der Waals surface area contributed by atoms with E-state index in [1.165, 1.54) is 38.5 Å². The quantitative estimate of drug-likeness (QED) is 0.891. The summed E-state index contributed by atoms with van der Waals surface area (Å²) < 4.78 is 0. The van der Waals surface area contributed by atoms with Crippen LogP contribution in [0.15, 0.2) is 18.3 Å². The fourth-order valence-electron chi connectivity index (χ4n) is 3.59. The first-order valence-electron chi connectivity index (χ1n) is 7.21. The van der Waals surface area contributed by atoms with Crippen molar-refractivity contribution in [3.8, 4) is 0 Å². The molecule has 2 aliphatic rings. The highest BCUT2D eigenvalue weighted by Crippen LogP contribution is 2.37. The van der Waals surface area contributed by atoms with E-state index in [4.69, 9.17) is 5.11 Å². The van der Waals surface area contributed by atoms with Crippen molar-refractivity contribution in [2.45, 2.75) is 51.2 Å². The van der Waals surface area contributed by atoms with Crippen molar-refractivity contribution in [3.63, 3.8) is 0 Å². The molecule has 0 spiro atoms. The molecule has 1 saturated heterocycles. The van der Waals surface area contributed by atoms with E-state index in [-0.39, 0.29) is 6.61 Å². The number of rotatable bonds is 3. The van der Waals surface area contributed by atoms with Gasteiger partial charge in [-0.15, -0.1) is 0 Å². The molecule has 2 heterocycles. The summed E-state index contributed by atoms with van der Waals surface area (Å²) >= 11 is 0. The summed E-state index contributed by atoms with van der Waals surface area (Å²) in [6, 6.07) is 4.77. The standard InChI is InChI=1S/C15H22N2O/c18-11-12-7-8-15(16-10-12)17-9-3-6-14(17)13-4-1-2-5-13/h7-8,10,13-14,18H,1-6,9,11H2. The van der Waals surface area contributed by atoms with Crippen LogP contribution in [0.5, 0.6) is 0 Å². The van der Waals surface area contributed by atoms with Gasteiger partial charge < -0.3 is 10.0 Å². The Bertz CT molecular complexity index is 384. The molecule has 1 aromatic rings. The molecule has 2 fully saturated rings. The molecule has 1 saturated carbocycles. The summed E-state index contributed by atoms with van der Waals surface area (Å²) in [7, 11) is 0. The predicted molar refractivity (Wildman–Crippen MR) is 72.5 cm³/mol. The van der Waals surface area contributed by atoms with E-state index < -0.39 is 0 Å². The van der Waals surface area contributed by atoms with Crippen molar-refractivity contribution in [1.29, 1.82) is 0 Å². The summed E-state index contributed by atoms with van der Waals surface area (Å²) in [6.07, 6.45) is 10.0. The number of hydrogen-bond donors (Lipinski definition) is 1. The lowest BCUT2D eigenvalue weighted by atomic mass is 9.96. The Morgan fingerprint density at radius 1 is 1.17 bits per heavy atom. The molecular formula is C15H22N2O. The Balaban J connectivity index is 1.76. The van der Waals surface area contributed by atoms with Gasteiger partial charge in [-0.2, -0.15) is 0 Å². The lowest BCUT2D eigenvalue weighted by molar-refractivity contribution is 0.281. The second-order valence-corrected chi connectivity index (χ2v) is 5.63. The largest absolute Gasteiger partial charge is 0.392 e. The van der Waals surface area contributed by atoms with Gasteiger partial charge in [0.2, 0.25) is 0 Å². The highest BCUT2D eigenvalue weighted by molar-refractivity contribution is 5.42. The molecule has 98 valence electrons. The van der Waals surface area contributed by atoms with E-state index in [0.29, 0.717) is 6.04 Å². The van der Waals surface area contributed by atoms with Gasteiger partial charge in [0, 0.05) is 18.8 Å². The van der Waals surface area contributed by atoms with Crippen LogP contribution in [0, 0.1) is 5.92 Å². The molecule has 18 heavy (non-hydrogen) atoms. The summed E-state index contributed by atoms with van der Waals surface area (Å²) in [5, 5.41) is 9.06. The van der Waals surface area contributed by atoms with Gasteiger partial charge in [-0.1, -0.05) is 18.9 Å². The zero-order chi connectivity index (χ0) is 12.4. The van der Waals surface area contributed by atoms with Gasteiger partial charge in [0.25, 0.3) is 0 Å². The maximum absolute atomic E-state index is 9.06. The second-order valence-electron chi connectivity index (χ2n) is 5.63. The number of aromatic nitrogens is 1. The zero-order valence-electron chi connectivity index (χ0n) is 10.9. The Morgan fingerprint density at radius 3 is 2.67 bits per heavy atom. The molecule has 0 amide bonds. The van der Waals surface area contributed by atoms with Crippen molar-refractivity contribution in [2.24, 2.45) is 5.92 Å². The monoisotopic (exact) mass is 246 g/mol. The van der Waals surface area contributed by atoms with Crippen molar-refractivity contribution in [3.05, 3.63) is 23.9 Å². The first kappa shape index (κ1) is 12.0. The SMILES string of the molecule is OCc1ccc(N2CCCC2C2CCCC2)nc1. The topological polar surface area (TPSA) is 36.4 Å². The molecule has 3 nitrogen and oxygen atoms in total. The summed E-state index contributed by atoms with van der Waals surface area (Å²) in [6.45, 7) is 1.23. The van der Waals surface area contributed by atoms with Crippen molar-refractivity contribution in [2.75, 3.05) is 11.4 Å². The smallest absolute Gasteiger partial charge is 0.128 e. The van der Waals surface area contributed by atoms with Gasteiger partial charge in [-0.3, -0.25) is 0 Å². The Kier molecular flexibility index (Phi) is 3.50. The van der Waals surface area contributed by atoms with Crippen LogP contribution in [0.3, 0.4) is 0 Å². The number of nitrogens with zero attached hydrogens (tertiary/aromatic N) is 2. The lowest BCUT2D eigenvalue weighted by Gasteiger charge is -2.30. The average Bonchev–Trinajstić information content (AvgIpc) is 3.09. The third kappa shape index (κ3) is 2.24. The van der Waals surface area contributed by atoms with Crippen molar-refractivity contribution < 1.29 is 5.11 Å². The molecular weight excluding hydrogens is 224 g/mol. The fraction of sp³-hybridized carbons (Fsp3) is 0.667. The summed E-state index contributed by atoms with van der Waals surface area (Å²) in [5.74, 6) is 1.98. The van der Waals surface area contributed by atoms with Crippen LogP contribution >= 0.6 is 0 Å². The third-order valence-electron chi connectivity index (χ3n) is 4.53. The molecule has 3 heteroatoms. The number of aliphatic hydroxyl groups is 1. The van der Waals surface area contributed by atoms with E-state index >= 15 is 0 Å². The van der Waals surface area contributed by atoms with Crippen LogP contribution in [0.2, 0.25) is 0 Å². The van der Waals surface area contributed by atoms with Crippen LogP contribution in [-0.4, -0.2) is 22.7 Å². The van der Waals surface area contributed by atoms with Gasteiger partial charge >= 0.3 is 0 Å². The van der Waals surface area contributed by atoms with E-state index in [9.17, 15) is 0 Å². The van der Waals surface area contributed by atoms with Gasteiger partial charge in [0.1, 0.15) is 5.82 Å². The van der Waals surface area contributed by atoms with Gasteiger partial charge in [0.15, 0.2) is 0 Å². The van der Waals surface area contributed by atoms with Crippen LogP contribution in [-0.2, 0) is 6.61 Å². The molecule has 0 radical (unpaired) electrons. The van der Waals surface area contributed by atoms with Crippen molar-refractivity contribution >= 4 is 5.82 Å². The Hall–Kier alpha value is -1.09. The van der Waals surface area contributed by atoms with Crippen LogP contribution in [0.25, 0.3) is 0 Å².